The molecular weight excluding hydrogens is 304 g/mol. The molecule has 0 atom stereocenters. The molecule has 2 amide bonds. The molecule has 0 aliphatic rings. The van der Waals surface area contributed by atoms with Crippen molar-refractivity contribution in [2.45, 2.75) is 0 Å². The van der Waals surface area contributed by atoms with E-state index in [4.69, 9.17) is 16.3 Å². The molecule has 0 bridgehead atoms. The maximum absolute atomic E-state index is 12.1. The largest absolute Gasteiger partial charge is 0.495 e. The Kier molecular flexibility index (Phi) is 5.01. The van der Waals surface area contributed by atoms with Crippen molar-refractivity contribution in [3.8, 4) is 5.75 Å². The summed E-state index contributed by atoms with van der Waals surface area (Å²) < 4.78 is 5.03. The summed E-state index contributed by atoms with van der Waals surface area (Å²) in [5, 5.41) is 2.87. The normalized spacial score (nSPS) is 9.95. The second-order valence-corrected chi connectivity index (χ2v) is 4.91. The lowest BCUT2D eigenvalue weighted by atomic mass is 10.2. The summed E-state index contributed by atoms with van der Waals surface area (Å²) in [5.41, 5.74) is 1.06. The zero-order chi connectivity index (χ0) is 16.1. The number of nitrogens with zero attached hydrogens (tertiary/aromatic N) is 1. The van der Waals surface area contributed by atoms with Gasteiger partial charge in [0, 0.05) is 18.4 Å². The van der Waals surface area contributed by atoms with Gasteiger partial charge in [-0.15, -0.1) is 0 Å². The Morgan fingerprint density at radius 3 is 2.41 bits per heavy atom. The Morgan fingerprint density at radius 1 is 1.14 bits per heavy atom. The van der Waals surface area contributed by atoms with E-state index >= 15 is 0 Å². The molecule has 1 N–H and O–H groups in total. The number of benzene rings is 2. The minimum atomic E-state index is -0.743. The smallest absolute Gasteiger partial charge is 0.316 e. The molecule has 2 aromatic carbocycles. The van der Waals surface area contributed by atoms with E-state index in [1.807, 2.05) is 6.07 Å². The highest BCUT2D eigenvalue weighted by molar-refractivity contribution is 6.44. The van der Waals surface area contributed by atoms with Crippen molar-refractivity contribution in [3.05, 3.63) is 53.6 Å². The Hall–Kier alpha value is -2.53. The molecule has 0 unspecified atom stereocenters. The van der Waals surface area contributed by atoms with Crippen molar-refractivity contribution in [2.24, 2.45) is 0 Å². The Labute approximate surface area is 133 Å². The van der Waals surface area contributed by atoms with Crippen LogP contribution < -0.4 is 15.0 Å². The van der Waals surface area contributed by atoms with Gasteiger partial charge in [0.05, 0.1) is 12.1 Å². The number of methoxy groups -OCH3 is 1. The van der Waals surface area contributed by atoms with Crippen LogP contribution in [0.5, 0.6) is 5.75 Å². The number of para-hydroxylation sites is 1. The van der Waals surface area contributed by atoms with Gasteiger partial charge in [-0.05, 0) is 30.3 Å². The van der Waals surface area contributed by atoms with Gasteiger partial charge in [-0.1, -0.05) is 29.8 Å². The molecular formula is C16H15ClN2O3. The molecule has 0 aliphatic heterocycles. The number of hydrogen-bond acceptors (Lipinski definition) is 3. The van der Waals surface area contributed by atoms with Crippen molar-refractivity contribution < 1.29 is 14.3 Å². The highest BCUT2D eigenvalue weighted by Crippen LogP contribution is 2.27. The number of carbonyl (C=O) groups is 2. The fourth-order valence-electron chi connectivity index (χ4n) is 1.85. The van der Waals surface area contributed by atoms with Crippen LogP contribution in [0.25, 0.3) is 0 Å². The fourth-order valence-corrected chi connectivity index (χ4v) is 2.11. The van der Waals surface area contributed by atoms with Crippen LogP contribution in [0, 0.1) is 0 Å². The number of halogens is 1. The first-order chi connectivity index (χ1) is 10.5. The van der Waals surface area contributed by atoms with Gasteiger partial charge >= 0.3 is 11.8 Å². The van der Waals surface area contributed by atoms with E-state index in [1.165, 1.54) is 25.1 Å². The molecule has 2 aromatic rings. The molecule has 0 aromatic heterocycles. The predicted octanol–water partition coefficient (Wildman–Crippen LogP) is 2.95. The number of ether oxygens (including phenoxy) is 1. The van der Waals surface area contributed by atoms with Gasteiger partial charge < -0.3 is 15.0 Å². The number of carbonyl (C=O) groups excluding carboxylic acids is 2. The topological polar surface area (TPSA) is 58.6 Å². The van der Waals surface area contributed by atoms with Crippen molar-refractivity contribution in [1.29, 1.82) is 0 Å². The lowest BCUT2D eigenvalue weighted by molar-refractivity contribution is -0.134. The Morgan fingerprint density at radius 2 is 1.82 bits per heavy atom. The van der Waals surface area contributed by atoms with E-state index in [-0.39, 0.29) is 0 Å². The van der Waals surface area contributed by atoms with E-state index in [2.05, 4.69) is 5.32 Å². The summed E-state index contributed by atoms with van der Waals surface area (Å²) in [6, 6.07) is 13.7. The molecule has 0 aliphatic carbocycles. The van der Waals surface area contributed by atoms with Crippen LogP contribution in [0.4, 0.5) is 11.4 Å². The molecule has 114 valence electrons. The van der Waals surface area contributed by atoms with E-state index in [9.17, 15) is 9.59 Å². The van der Waals surface area contributed by atoms with E-state index in [0.717, 1.165) is 0 Å². The number of anilines is 2. The minimum Gasteiger partial charge on any atom is -0.495 e. The third-order valence-corrected chi connectivity index (χ3v) is 3.35. The fraction of sp³-hybridized carbons (Fsp3) is 0.125. The zero-order valence-electron chi connectivity index (χ0n) is 12.2. The second-order valence-electron chi connectivity index (χ2n) is 4.50. The number of rotatable bonds is 3. The Balaban J connectivity index is 2.08. The van der Waals surface area contributed by atoms with Gasteiger partial charge in [-0.25, -0.2) is 0 Å². The number of hydrogen-bond donors (Lipinski definition) is 1. The summed E-state index contributed by atoms with van der Waals surface area (Å²) in [6.45, 7) is 0. The standard InChI is InChI=1S/C16H15ClN2O3/c1-19(12-6-4-3-5-7-12)16(21)15(20)18-11-8-9-14(22-2)13(17)10-11/h3-10H,1-2H3,(H,18,20). The summed E-state index contributed by atoms with van der Waals surface area (Å²) in [5.74, 6) is -0.918. The molecule has 0 saturated heterocycles. The highest BCUT2D eigenvalue weighted by atomic mass is 35.5. The summed E-state index contributed by atoms with van der Waals surface area (Å²) in [7, 11) is 3.04. The van der Waals surface area contributed by atoms with Gasteiger partial charge in [0.2, 0.25) is 0 Å². The zero-order valence-corrected chi connectivity index (χ0v) is 12.9. The summed E-state index contributed by atoms with van der Waals surface area (Å²) >= 11 is 5.98. The maximum atomic E-state index is 12.1. The lowest BCUT2D eigenvalue weighted by Gasteiger charge is -2.16. The molecule has 0 radical (unpaired) electrons. The molecule has 22 heavy (non-hydrogen) atoms. The van der Waals surface area contributed by atoms with Crippen molar-refractivity contribution in [1.82, 2.24) is 0 Å². The molecule has 0 saturated carbocycles. The van der Waals surface area contributed by atoms with Crippen LogP contribution in [0.2, 0.25) is 5.02 Å². The van der Waals surface area contributed by atoms with Crippen molar-refractivity contribution in [2.75, 3.05) is 24.4 Å². The van der Waals surface area contributed by atoms with Crippen LogP contribution in [-0.2, 0) is 9.59 Å². The molecule has 6 heteroatoms. The van der Waals surface area contributed by atoms with Gasteiger partial charge in [-0.2, -0.15) is 0 Å². The van der Waals surface area contributed by atoms with Crippen molar-refractivity contribution in [3.63, 3.8) is 0 Å². The molecule has 0 spiro atoms. The highest BCUT2D eigenvalue weighted by Gasteiger charge is 2.20. The molecule has 2 rings (SSSR count). The third-order valence-electron chi connectivity index (χ3n) is 3.05. The van der Waals surface area contributed by atoms with E-state index in [0.29, 0.717) is 22.1 Å². The van der Waals surface area contributed by atoms with Gasteiger partial charge in [-0.3, -0.25) is 9.59 Å². The lowest BCUT2D eigenvalue weighted by Crippen LogP contribution is -2.37. The molecule has 5 nitrogen and oxygen atoms in total. The van der Waals surface area contributed by atoms with Gasteiger partial charge in [0.15, 0.2) is 0 Å². The summed E-state index contributed by atoms with van der Waals surface area (Å²) in [4.78, 5) is 25.4. The van der Waals surface area contributed by atoms with E-state index in [1.54, 1.807) is 36.4 Å². The first kappa shape index (κ1) is 15.9. The average molecular weight is 319 g/mol. The minimum absolute atomic E-state index is 0.351. The van der Waals surface area contributed by atoms with Crippen molar-refractivity contribution >= 4 is 34.8 Å². The monoisotopic (exact) mass is 318 g/mol. The van der Waals surface area contributed by atoms with Gasteiger partial charge in [0.25, 0.3) is 0 Å². The SMILES string of the molecule is COc1ccc(NC(=O)C(=O)N(C)c2ccccc2)cc1Cl. The predicted molar refractivity (Wildman–Crippen MR) is 86.5 cm³/mol. The van der Waals surface area contributed by atoms with Crippen LogP contribution in [-0.4, -0.2) is 26.0 Å². The third kappa shape index (κ3) is 3.56. The van der Waals surface area contributed by atoms with Crippen LogP contribution in [0.1, 0.15) is 0 Å². The number of nitrogens with one attached hydrogen (secondary N) is 1. The second kappa shape index (κ2) is 6.95. The van der Waals surface area contributed by atoms with Crippen LogP contribution in [0.3, 0.4) is 0 Å². The van der Waals surface area contributed by atoms with Crippen LogP contribution >= 0.6 is 11.6 Å². The number of amides is 2. The summed E-state index contributed by atoms with van der Waals surface area (Å²) in [6.07, 6.45) is 0. The van der Waals surface area contributed by atoms with Gasteiger partial charge in [0.1, 0.15) is 5.75 Å². The number of likely N-dealkylation sites (N-methyl/N-ethyl adjacent to an activating group) is 1. The Bertz CT molecular complexity index is 689. The average Bonchev–Trinajstić information content (AvgIpc) is 2.54. The quantitative estimate of drug-likeness (QED) is 0.885. The maximum Gasteiger partial charge on any atom is 0.316 e. The van der Waals surface area contributed by atoms with Crippen LogP contribution in [0.15, 0.2) is 48.5 Å². The first-order valence-corrected chi connectivity index (χ1v) is 6.88. The molecule has 0 fully saturated rings. The molecule has 0 heterocycles. The first-order valence-electron chi connectivity index (χ1n) is 6.50. The van der Waals surface area contributed by atoms with E-state index < -0.39 is 11.8 Å².